The highest BCUT2D eigenvalue weighted by Gasteiger charge is 2.34. The van der Waals surface area contributed by atoms with E-state index in [0.29, 0.717) is 18.9 Å². The van der Waals surface area contributed by atoms with Crippen LogP contribution >= 0.6 is 0 Å². The number of hydrogen-bond donors (Lipinski definition) is 0. The zero-order valence-electron chi connectivity index (χ0n) is 14.8. The molecule has 2 saturated carbocycles. The molecule has 0 saturated heterocycles. The summed E-state index contributed by atoms with van der Waals surface area (Å²) in [4.78, 5) is 21.8. The van der Waals surface area contributed by atoms with Crippen molar-refractivity contribution in [3.63, 3.8) is 0 Å². The van der Waals surface area contributed by atoms with Crippen LogP contribution in [0.2, 0.25) is 0 Å². The predicted molar refractivity (Wildman–Crippen MR) is 92.4 cm³/mol. The number of rotatable bonds is 9. The predicted octanol–water partition coefficient (Wildman–Crippen LogP) is 4.72. The van der Waals surface area contributed by atoms with Crippen molar-refractivity contribution in [2.45, 2.75) is 89.6 Å². The SMILES string of the molecule is COC1CCC(CCCC2CCC(CC=O)(CC=O)CC2)CC1. The minimum absolute atomic E-state index is 0.00145. The van der Waals surface area contributed by atoms with E-state index in [9.17, 15) is 9.59 Å². The molecule has 0 unspecified atom stereocenters. The lowest BCUT2D eigenvalue weighted by atomic mass is 9.66. The quantitative estimate of drug-likeness (QED) is 0.577. The molecule has 3 nitrogen and oxygen atoms in total. The largest absolute Gasteiger partial charge is 0.381 e. The van der Waals surface area contributed by atoms with Crippen LogP contribution < -0.4 is 0 Å². The second-order valence-corrected chi connectivity index (χ2v) is 7.99. The van der Waals surface area contributed by atoms with Crippen molar-refractivity contribution >= 4 is 12.6 Å². The van der Waals surface area contributed by atoms with Crippen molar-refractivity contribution in [1.82, 2.24) is 0 Å². The molecule has 3 heteroatoms. The summed E-state index contributed by atoms with van der Waals surface area (Å²) in [5.41, 5.74) is -0.00145. The molecule has 0 bridgehead atoms. The normalized spacial score (nSPS) is 28.4. The molecule has 0 aliphatic heterocycles. The van der Waals surface area contributed by atoms with Gasteiger partial charge in [0.2, 0.25) is 0 Å². The first-order valence-corrected chi connectivity index (χ1v) is 9.61. The molecule has 132 valence electrons. The third-order valence-corrected chi connectivity index (χ3v) is 6.55. The van der Waals surface area contributed by atoms with Crippen LogP contribution in [0.25, 0.3) is 0 Å². The van der Waals surface area contributed by atoms with Gasteiger partial charge in [0.25, 0.3) is 0 Å². The zero-order valence-corrected chi connectivity index (χ0v) is 14.8. The summed E-state index contributed by atoms with van der Waals surface area (Å²) in [5.74, 6) is 1.73. The fourth-order valence-corrected chi connectivity index (χ4v) is 4.78. The van der Waals surface area contributed by atoms with E-state index in [-0.39, 0.29) is 5.41 Å². The van der Waals surface area contributed by atoms with Gasteiger partial charge in [-0.2, -0.15) is 0 Å². The summed E-state index contributed by atoms with van der Waals surface area (Å²) in [5, 5.41) is 0. The second kappa shape index (κ2) is 9.56. The Morgan fingerprint density at radius 3 is 1.87 bits per heavy atom. The second-order valence-electron chi connectivity index (χ2n) is 7.99. The van der Waals surface area contributed by atoms with Crippen molar-refractivity contribution in [3.05, 3.63) is 0 Å². The summed E-state index contributed by atoms with van der Waals surface area (Å²) < 4.78 is 5.45. The topological polar surface area (TPSA) is 43.4 Å². The summed E-state index contributed by atoms with van der Waals surface area (Å²) in [6.45, 7) is 0. The Balaban J connectivity index is 1.63. The smallest absolute Gasteiger partial charge is 0.120 e. The van der Waals surface area contributed by atoms with E-state index in [1.54, 1.807) is 0 Å². The molecule has 2 aliphatic rings. The Bertz CT molecular complexity index is 338. The number of carbonyl (C=O) groups excluding carboxylic acids is 2. The lowest BCUT2D eigenvalue weighted by Gasteiger charge is -2.38. The molecule has 0 spiro atoms. The zero-order chi connectivity index (χ0) is 16.5. The van der Waals surface area contributed by atoms with Crippen LogP contribution in [0.15, 0.2) is 0 Å². The first-order valence-electron chi connectivity index (χ1n) is 9.61. The van der Waals surface area contributed by atoms with E-state index in [1.165, 1.54) is 57.8 Å². The van der Waals surface area contributed by atoms with Crippen LogP contribution in [0.1, 0.15) is 83.5 Å². The van der Waals surface area contributed by atoms with Gasteiger partial charge in [0.1, 0.15) is 12.6 Å². The summed E-state index contributed by atoms with van der Waals surface area (Å²) in [7, 11) is 1.84. The molecule has 23 heavy (non-hydrogen) atoms. The number of carbonyl (C=O) groups is 2. The molecular weight excluding hydrogens is 288 g/mol. The van der Waals surface area contributed by atoms with Crippen LogP contribution in [0, 0.1) is 17.3 Å². The number of methoxy groups -OCH3 is 1. The minimum atomic E-state index is -0.00145. The van der Waals surface area contributed by atoms with Crippen molar-refractivity contribution in [3.8, 4) is 0 Å². The summed E-state index contributed by atoms with van der Waals surface area (Å²) in [6, 6.07) is 0. The van der Waals surface area contributed by atoms with Crippen LogP contribution in [0.4, 0.5) is 0 Å². The molecule has 2 aliphatic carbocycles. The van der Waals surface area contributed by atoms with E-state index in [0.717, 1.165) is 37.2 Å². The van der Waals surface area contributed by atoms with Crippen molar-refractivity contribution < 1.29 is 14.3 Å². The first kappa shape index (κ1) is 18.6. The van der Waals surface area contributed by atoms with Gasteiger partial charge in [0.05, 0.1) is 6.10 Å². The third-order valence-electron chi connectivity index (χ3n) is 6.55. The molecule has 0 aromatic carbocycles. The summed E-state index contributed by atoms with van der Waals surface area (Å²) >= 11 is 0. The summed E-state index contributed by atoms with van der Waals surface area (Å²) in [6.07, 6.45) is 17.4. The van der Waals surface area contributed by atoms with Gasteiger partial charge in [-0.15, -0.1) is 0 Å². The van der Waals surface area contributed by atoms with Gasteiger partial charge in [-0.05, 0) is 68.6 Å². The van der Waals surface area contributed by atoms with Gasteiger partial charge in [-0.1, -0.05) is 19.3 Å². The van der Waals surface area contributed by atoms with Crippen molar-refractivity contribution in [1.29, 1.82) is 0 Å². The van der Waals surface area contributed by atoms with E-state index in [2.05, 4.69) is 0 Å². The van der Waals surface area contributed by atoms with Crippen molar-refractivity contribution in [2.75, 3.05) is 7.11 Å². The average Bonchev–Trinajstić information content (AvgIpc) is 2.58. The number of hydrogen-bond acceptors (Lipinski definition) is 3. The molecule has 0 aromatic rings. The van der Waals surface area contributed by atoms with Gasteiger partial charge in [0, 0.05) is 20.0 Å². The molecular formula is C20H34O3. The molecule has 2 fully saturated rings. The van der Waals surface area contributed by atoms with E-state index >= 15 is 0 Å². The molecule has 0 aromatic heterocycles. The van der Waals surface area contributed by atoms with Gasteiger partial charge in [-0.3, -0.25) is 0 Å². The fourth-order valence-electron chi connectivity index (χ4n) is 4.78. The van der Waals surface area contributed by atoms with Crippen LogP contribution in [-0.4, -0.2) is 25.8 Å². The maximum atomic E-state index is 10.9. The molecule has 0 N–H and O–H groups in total. The van der Waals surface area contributed by atoms with Gasteiger partial charge < -0.3 is 14.3 Å². The Morgan fingerprint density at radius 2 is 1.39 bits per heavy atom. The highest BCUT2D eigenvalue weighted by atomic mass is 16.5. The molecule has 0 radical (unpaired) electrons. The molecule has 0 atom stereocenters. The standard InChI is InChI=1S/C20H34O3/c1-23-19-7-5-17(6-8-19)3-2-4-18-9-11-20(12-10-18,13-15-21)14-16-22/h15-19H,2-14H2,1H3. The highest BCUT2D eigenvalue weighted by Crippen LogP contribution is 2.44. The fraction of sp³-hybridized carbons (Fsp3) is 0.900. The lowest BCUT2D eigenvalue weighted by Crippen LogP contribution is -2.28. The minimum Gasteiger partial charge on any atom is -0.381 e. The van der Waals surface area contributed by atoms with Crippen LogP contribution in [0.5, 0.6) is 0 Å². The molecule has 0 heterocycles. The Morgan fingerprint density at radius 1 is 0.870 bits per heavy atom. The van der Waals surface area contributed by atoms with Crippen molar-refractivity contribution in [2.24, 2.45) is 17.3 Å². The Kier molecular flexibility index (Phi) is 7.75. The molecule has 2 rings (SSSR count). The Labute approximate surface area is 141 Å². The van der Waals surface area contributed by atoms with Crippen LogP contribution in [0.3, 0.4) is 0 Å². The third kappa shape index (κ3) is 5.70. The maximum Gasteiger partial charge on any atom is 0.120 e. The van der Waals surface area contributed by atoms with Gasteiger partial charge in [-0.25, -0.2) is 0 Å². The van der Waals surface area contributed by atoms with E-state index < -0.39 is 0 Å². The monoisotopic (exact) mass is 322 g/mol. The van der Waals surface area contributed by atoms with Gasteiger partial charge in [0.15, 0.2) is 0 Å². The maximum absolute atomic E-state index is 10.9. The molecule has 0 amide bonds. The lowest BCUT2D eigenvalue weighted by molar-refractivity contribution is -0.113. The number of ether oxygens (including phenoxy) is 1. The average molecular weight is 322 g/mol. The van der Waals surface area contributed by atoms with E-state index in [4.69, 9.17) is 4.74 Å². The van der Waals surface area contributed by atoms with E-state index in [1.807, 2.05) is 7.11 Å². The van der Waals surface area contributed by atoms with Gasteiger partial charge >= 0.3 is 0 Å². The highest BCUT2D eigenvalue weighted by molar-refractivity contribution is 5.56. The van der Waals surface area contributed by atoms with Crippen LogP contribution in [-0.2, 0) is 14.3 Å². The number of aldehydes is 2. The Hall–Kier alpha value is -0.700. The first-order chi connectivity index (χ1) is 11.2.